The van der Waals surface area contributed by atoms with Crippen LogP contribution < -0.4 is 0 Å². The van der Waals surface area contributed by atoms with Gasteiger partial charge in [0.2, 0.25) is 0 Å². The van der Waals surface area contributed by atoms with Crippen LogP contribution in [-0.4, -0.2) is 11.3 Å². The van der Waals surface area contributed by atoms with Gasteiger partial charge in [-0.1, -0.05) is 15.9 Å². The van der Waals surface area contributed by atoms with E-state index in [-0.39, 0.29) is 5.56 Å². The van der Waals surface area contributed by atoms with E-state index in [0.29, 0.717) is 15.3 Å². The molecule has 0 amide bonds. The third-order valence-electron chi connectivity index (χ3n) is 1.59. The summed E-state index contributed by atoms with van der Waals surface area (Å²) in [5, 5.41) is 0.489. The first-order chi connectivity index (χ1) is 6.60. The van der Waals surface area contributed by atoms with Crippen LogP contribution in [0.15, 0.2) is 6.07 Å². The van der Waals surface area contributed by atoms with Crippen LogP contribution in [-0.2, 0) is 5.33 Å². The molecule has 0 aliphatic rings. The standard InChI is InChI=1S/C8H5BrF2INO/c9-2-4-1-5(3-14)6(7(10)11)13-8(4)12/h1,3,7H,2H2. The maximum atomic E-state index is 12.4. The Kier molecular flexibility index (Phi) is 4.36. The lowest BCUT2D eigenvalue weighted by Crippen LogP contribution is -2.02. The number of hydrogen-bond acceptors (Lipinski definition) is 2. The number of alkyl halides is 3. The van der Waals surface area contributed by atoms with Crippen LogP contribution >= 0.6 is 38.5 Å². The predicted molar refractivity (Wildman–Crippen MR) is 59.9 cm³/mol. The van der Waals surface area contributed by atoms with Crippen LogP contribution in [0, 0.1) is 3.70 Å². The molecule has 2 nitrogen and oxygen atoms in total. The van der Waals surface area contributed by atoms with Gasteiger partial charge in [0.1, 0.15) is 9.39 Å². The predicted octanol–water partition coefficient (Wildman–Crippen LogP) is 3.33. The third kappa shape index (κ3) is 2.47. The monoisotopic (exact) mass is 375 g/mol. The largest absolute Gasteiger partial charge is 0.298 e. The molecule has 1 heterocycles. The van der Waals surface area contributed by atoms with Gasteiger partial charge in [0.05, 0.1) is 0 Å². The Hall–Kier alpha value is -0.110. The average molecular weight is 376 g/mol. The number of hydrogen-bond donors (Lipinski definition) is 0. The topological polar surface area (TPSA) is 30.0 Å². The van der Waals surface area contributed by atoms with Gasteiger partial charge in [0, 0.05) is 10.9 Å². The molecular weight excluding hydrogens is 371 g/mol. The molecule has 0 fully saturated rings. The molecule has 0 atom stereocenters. The molecule has 1 rings (SSSR count). The Morgan fingerprint density at radius 2 is 2.29 bits per heavy atom. The number of carbonyl (C=O) groups excluding carboxylic acids is 1. The van der Waals surface area contributed by atoms with Gasteiger partial charge >= 0.3 is 0 Å². The molecule has 0 bridgehead atoms. The number of nitrogens with zero attached hydrogens (tertiary/aromatic N) is 1. The number of carbonyl (C=O) groups is 1. The zero-order chi connectivity index (χ0) is 10.7. The zero-order valence-corrected chi connectivity index (χ0v) is 10.5. The van der Waals surface area contributed by atoms with Crippen LogP contribution in [0.25, 0.3) is 0 Å². The highest BCUT2D eigenvalue weighted by Crippen LogP contribution is 2.24. The van der Waals surface area contributed by atoms with Crippen molar-refractivity contribution in [3.63, 3.8) is 0 Å². The first-order valence-corrected chi connectivity index (χ1v) is 5.78. The second kappa shape index (κ2) is 5.11. The van der Waals surface area contributed by atoms with Crippen molar-refractivity contribution in [1.29, 1.82) is 0 Å². The molecule has 0 aliphatic carbocycles. The molecule has 0 spiro atoms. The molecule has 0 radical (unpaired) electrons. The van der Waals surface area contributed by atoms with Crippen molar-refractivity contribution in [1.82, 2.24) is 4.98 Å². The van der Waals surface area contributed by atoms with Crippen LogP contribution in [0.3, 0.4) is 0 Å². The Morgan fingerprint density at radius 3 is 2.71 bits per heavy atom. The number of aldehydes is 1. The van der Waals surface area contributed by atoms with Gasteiger partial charge < -0.3 is 0 Å². The first-order valence-electron chi connectivity index (χ1n) is 3.58. The van der Waals surface area contributed by atoms with E-state index in [1.54, 1.807) is 0 Å². The molecular formula is C8H5BrF2INO. The summed E-state index contributed by atoms with van der Waals surface area (Å²) >= 11 is 5.05. The first kappa shape index (κ1) is 12.0. The van der Waals surface area contributed by atoms with E-state index in [1.807, 2.05) is 22.6 Å². The number of pyridine rings is 1. The minimum atomic E-state index is -2.71. The van der Waals surface area contributed by atoms with Crippen LogP contribution in [0.1, 0.15) is 28.0 Å². The number of aromatic nitrogens is 1. The molecule has 76 valence electrons. The molecule has 14 heavy (non-hydrogen) atoms. The summed E-state index contributed by atoms with van der Waals surface area (Å²) in [6.07, 6.45) is -2.32. The Morgan fingerprint density at radius 1 is 1.64 bits per heavy atom. The SMILES string of the molecule is O=Cc1cc(CBr)c(I)nc1C(F)F. The van der Waals surface area contributed by atoms with Crippen LogP contribution in [0.2, 0.25) is 0 Å². The Balaban J connectivity index is 3.31. The van der Waals surface area contributed by atoms with Crippen LogP contribution in [0.4, 0.5) is 8.78 Å². The van der Waals surface area contributed by atoms with Gasteiger partial charge in [-0.05, 0) is 34.2 Å². The summed E-state index contributed by atoms with van der Waals surface area (Å²) in [7, 11) is 0. The highest BCUT2D eigenvalue weighted by Gasteiger charge is 2.16. The maximum absolute atomic E-state index is 12.4. The van der Waals surface area contributed by atoms with Gasteiger partial charge in [-0.3, -0.25) is 4.79 Å². The van der Waals surface area contributed by atoms with E-state index in [9.17, 15) is 13.6 Å². The molecule has 0 saturated heterocycles. The molecule has 0 aromatic carbocycles. The van der Waals surface area contributed by atoms with Crippen molar-refractivity contribution in [2.75, 3.05) is 0 Å². The van der Waals surface area contributed by atoms with E-state index in [1.165, 1.54) is 6.07 Å². The fourth-order valence-electron chi connectivity index (χ4n) is 0.926. The fraction of sp³-hybridized carbons (Fsp3) is 0.250. The molecule has 1 aromatic rings. The zero-order valence-electron chi connectivity index (χ0n) is 6.81. The summed E-state index contributed by atoms with van der Waals surface area (Å²) in [5.41, 5.74) is 0.237. The lowest BCUT2D eigenvalue weighted by atomic mass is 10.1. The highest BCUT2D eigenvalue weighted by atomic mass is 127. The van der Waals surface area contributed by atoms with E-state index in [4.69, 9.17) is 0 Å². The summed E-state index contributed by atoms with van der Waals surface area (Å²) in [5.74, 6) is 0. The van der Waals surface area contributed by atoms with Crippen molar-refractivity contribution in [3.05, 3.63) is 26.6 Å². The highest BCUT2D eigenvalue weighted by molar-refractivity contribution is 14.1. The lowest BCUT2D eigenvalue weighted by molar-refractivity contribution is 0.110. The molecule has 0 N–H and O–H groups in total. The van der Waals surface area contributed by atoms with E-state index < -0.39 is 12.1 Å². The van der Waals surface area contributed by atoms with Gasteiger partial charge in [0.15, 0.2) is 6.29 Å². The van der Waals surface area contributed by atoms with E-state index >= 15 is 0 Å². The van der Waals surface area contributed by atoms with Crippen molar-refractivity contribution >= 4 is 44.8 Å². The molecule has 0 saturated carbocycles. The molecule has 6 heteroatoms. The van der Waals surface area contributed by atoms with Gasteiger partial charge in [0.25, 0.3) is 6.43 Å². The normalized spacial score (nSPS) is 10.6. The molecule has 0 aliphatic heterocycles. The van der Waals surface area contributed by atoms with Gasteiger partial charge in [-0.2, -0.15) is 0 Å². The number of rotatable bonds is 3. The van der Waals surface area contributed by atoms with Crippen LogP contribution in [0.5, 0.6) is 0 Å². The van der Waals surface area contributed by atoms with Crippen molar-refractivity contribution in [2.45, 2.75) is 11.8 Å². The quantitative estimate of drug-likeness (QED) is 0.351. The fourth-order valence-corrected chi connectivity index (χ4v) is 2.48. The summed E-state index contributed by atoms with van der Waals surface area (Å²) < 4.78 is 25.3. The molecule has 0 unspecified atom stereocenters. The second-order valence-electron chi connectivity index (χ2n) is 2.46. The summed E-state index contributed by atoms with van der Waals surface area (Å²) in [6.45, 7) is 0. The Labute approximate surface area is 101 Å². The van der Waals surface area contributed by atoms with E-state index in [2.05, 4.69) is 20.9 Å². The summed E-state index contributed by atoms with van der Waals surface area (Å²) in [6, 6.07) is 1.43. The van der Waals surface area contributed by atoms with Gasteiger partial charge in [-0.25, -0.2) is 13.8 Å². The third-order valence-corrected chi connectivity index (χ3v) is 3.12. The number of halogens is 4. The van der Waals surface area contributed by atoms with Crippen molar-refractivity contribution < 1.29 is 13.6 Å². The minimum absolute atomic E-state index is 0.0464. The average Bonchev–Trinajstić information content (AvgIpc) is 2.17. The smallest absolute Gasteiger partial charge is 0.281 e. The summed E-state index contributed by atoms with van der Waals surface area (Å²) in [4.78, 5) is 14.2. The molecule has 1 aromatic heterocycles. The second-order valence-corrected chi connectivity index (χ2v) is 4.05. The van der Waals surface area contributed by atoms with Crippen molar-refractivity contribution in [2.24, 2.45) is 0 Å². The minimum Gasteiger partial charge on any atom is -0.298 e. The maximum Gasteiger partial charge on any atom is 0.281 e. The Bertz CT molecular complexity index is 359. The van der Waals surface area contributed by atoms with Gasteiger partial charge in [-0.15, -0.1) is 0 Å². The van der Waals surface area contributed by atoms with E-state index in [0.717, 1.165) is 5.56 Å². The van der Waals surface area contributed by atoms with Crippen molar-refractivity contribution in [3.8, 4) is 0 Å². The lowest BCUT2D eigenvalue weighted by Gasteiger charge is -2.06.